The van der Waals surface area contributed by atoms with Crippen LogP contribution in [-0.4, -0.2) is 54.4 Å². The van der Waals surface area contributed by atoms with E-state index >= 15 is 0 Å². The van der Waals surface area contributed by atoms with Crippen LogP contribution in [0.4, 0.5) is 0 Å². The Hall–Kier alpha value is -1.37. The van der Waals surface area contributed by atoms with Crippen LogP contribution < -0.4 is 4.74 Å². The third-order valence-electron chi connectivity index (χ3n) is 3.73. The maximum Gasteiger partial charge on any atom is 0.178 e. The van der Waals surface area contributed by atoms with Crippen molar-refractivity contribution in [2.24, 2.45) is 0 Å². The second-order valence-corrected chi connectivity index (χ2v) is 5.31. The van der Waals surface area contributed by atoms with Gasteiger partial charge in [-0.25, -0.2) is 0 Å². The number of nitrogens with zero attached hydrogens (tertiary/aromatic N) is 2. The van der Waals surface area contributed by atoms with Crippen molar-refractivity contribution in [1.82, 2.24) is 14.5 Å². The summed E-state index contributed by atoms with van der Waals surface area (Å²) in [7, 11) is 1.68. The predicted molar refractivity (Wildman–Crippen MR) is 80.9 cm³/mol. The lowest BCUT2D eigenvalue weighted by atomic mass is 10.3. The molecule has 0 saturated carbocycles. The molecule has 20 heavy (non-hydrogen) atoms. The van der Waals surface area contributed by atoms with Gasteiger partial charge < -0.3 is 19.0 Å². The van der Waals surface area contributed by atoms with Crippen LogP contribution in [-0.2, 0) is 11.3 Å². The molecule has 1 aromatic heterocycles. The number of aromatic amines is 1. The van der Waals surface area contributed by atoms with Gasteiger partial charge in [-0.3, -0.25) is 4.90 Å². The number of methoxy groups -OCH3 is 1. The van der Waals surface area contributed by atoms with Gasteiger partial charge in [0.2, 0.25) is 0 Å². The van der Waals surface area contributed by atoms with Crippen molar-refractivity contribution in [3.63, 3.8) is 0 Å². The summed E-state index contributed by atoms with van der Waals surface area (Å²) >= 11 is 5.42. The van der Waals surface area contributed by atoms with Gasteiger partial charge >= 0.3 is 0 Å². The van der Waals surface area contributed by atoms with E-state index in [0.717, 1.165) is 60.9 Å². The van der Waals surface area contributed by atoms with Crippen LogP contribution in [0.15, 0.2) is 18.2 Å². The topological polar surface area (TPSA) is 42.4 Å². The molecule has 0 atom stereocenters. The molecule has 1 aromatic carbocycles. The van der Waals surface area contributed by atoms with Crippen molar-refractivity contribution in [3.8, 4) is 5.75 Å². The summed E-state index contributed by atoms with van der Waals surface area (Å²) in [6.45, 7) is 5.52. The van der Waals surface area contributed by atoms with Crippen molar-refractivity contribution in [1.29, 1.82) is 0 Å². The SMILES string of the molecule is COc1ccc2[nH]c(=S)n(CCN3CCOCC3)c2c1. The minimum absolute atomic E-state index is 0.765. The zero-order valence-electron chi connectivity index (χ0n) is 11.6. The number of hydrogen-bond donors (Lipinski definition) is 1. The zero-order chi connectivity index (χ0) is 13.9. The molecule has 0 spiro atoms. The lowest BCUT2D eigenvalue weighted by molar-refractivity contribution is 0.0365. The Labute approximate surface area is 123 Å². The fourth-order valence-corrected chi connectivity index (χ4v) is 2.85. The van der Waals surface area contributed by atoms with E-state index in [4.69, 9.17) is 21.7 Å². The molecule has 1 aliphatic rings. The van der Waals surface area contributed by atoms with E-state index in [1.807, 2.05) is 18.2 Å². The first-order valence-electron chi connectivity index (χ1n) is 6.84. The molecule has 1 aliphatic heterocycles. The van der Waals surface area contributed by atoms with Crippen LogP contribution in [0.2, 0.25) is 0 Å². The number of H-pyrrole nitrogens is 1. The van der Waals surface area contributed by atoms with Crippen molar-refractivity contribution >= 4 is 23.3 Å². The minimum Gasteiger partial charge on any atom is -0.497 e. The molecule has 108 valence electrons. The molecule has 0 amide bonds. The van der Waals surface area contributed by atoms with Gasteiger partial charge in [0.15, 0.2) is 4.77 Å². The molecular formula is C14H19N3O2S. The second-order valence-electron chi connectivity index (χ2n) is 4.92. The van der Waals surface area contributed by atoms with Gasteiger partial charge in [0.25, 0.3) is 0 Å². The van der Waals surface area contributed by atoms with E-state index in [9.17, 15) is 0 Å². The first kappa shape index (κ1) is 13.6. The van der Waals surface area contributed by atoms with E-state index in [2.05, 4.69) is 14.5 Å². The van der Waals surface area contributed by atoms with Gasteiger partial charge in [0.1, 0.15) is 5.75 Å². The Kier molecular flexibility index (Phi) is 4.05. The van der Waals surface area contributed by atoms with Gasteiger partial charge in [-0.1, -0.05) is 0 Å². The summed E-state index contributed by atoms with van der Waals surface area (Å²) in [6.07, 6.45) is 0. The van der Waals surface area contributed by atoms with E-state index in [0.29, 0.717) is 0 Å². The highest BCUT2D eigenvalue weighted by atomic mass is 32.1. The van der Waals surface area contributed by atoms with Gasteiger partial charge in [-0.15, -0.1) is 0 Å². The van der Waals surface area contributed by atoms with Crippen LogP contribution in [0.3, 0.4) is 0 Å². The third kappa shape index (κ3) is 2.72. The number of nitrogens with one attached hydrogen (secondary N) is 1. The Bertz CT molecular complexity index is 643. The van der Waals surface area contributed by atoms with Crippen LogP contribution in [0.5, 0.6) is 5.75 Å². The van der Waals surface area contributed by atoms with E-state index in [1.54, 1.807) is 7.11 Å². The third-order valence-corrected chi connectivity index (χ3v) is 4.05. The Morgan fingerprint density at radius 3 is 2.85 bits per heavy atom. The Morgan fingerprint density at radius 1 is 1.30 bits per heavy atom. The van der Waals surface area contributed by atoms with E-state index in [-0.39, 0.29) is 0 Å². The number of ether oxygens (including phenoxy) is 2. The molecule has 1 fully saturated rings. The van der Waals surface area contributed by atoms with Crippen molar-refractivity contribution in [3.05, 3.63) is 23.0 Å². The number of fused-ring (bicyclic) bond motifs is 1. The molecule has 0 radical (unpaired) electrons. The predicted octanol–water partition coefficient (Wildman–Crippen LogP) is 2.04. The molecule has 2 aromatic rings. The molecule has 5 nitrogen and oxygen atoms in total. The zero-order valence-corrected chi connectivity index (χ0v) is 12.4. The first-order chi connectivity index (χ1) is 9.78. The summed E-state index contributed by atoms with van der Waals surface area (Å²) in [5.41, 5.74) is 2.15. The number of rotatable bonds is 4. The van der Waals surface area contributed by atoms with Gasteiger partial charge in [-0.2, -0.15) is 0 Å². The van der Waals surface area contributed by atoms with Crippen LogP contribution in [0.1, 0.15) is 0 Å². The smallest absolute Gasteiger partial charge is 0.178 e. The van der Waals surface area contributed by atoms with Crippen molar-refractivity contribution in [2.45, 2.75) is 6.54 Å². The van der Waals surface area contributed by atoms with Crippen LogP contribution >= 0.6 is 12.2 Å². The maximum atomic E-state index is 5.42. The fraction of sp³-hybridized carbons (Fsp3) is 0.500. The summed E-state index contributed by atoms with van der Waals surface area (Å²) in [5, 5.41) is 0. The van der Waals surface area contributed by atoms with Gasteiger partial charge in [0, 0.05) is 32.2 Å². The fourth-order valence-electron chi connectivity index (χ4n) is 2.55. The summed E-state index contributed by atoms with van der Waals surface area (Å²) < 4.78 is 13.6. The molecule has 0 bridgehead atoms. The van der Waals surface area contributed by atoms with Gasteiger partial charge in [-0.05, 0) is 24.4 Å². The first-order valence-corrected chi connectivity index (χ1v) is 7.25. The minimum atomic E-state index is 0.765. The molecule has 1 N–H and O–H groups in total. The number of imidazole rings is 1. The molecule has 1 saturated heterocycles. The highest BCUT2D eigenvalue weighted by molar-refractivity contribution is 7.71. The highest BCUT2D eigenvalue weighted by Gasteiger charge is 2.11. The number of hydrogen-bond acceptors (Lipinski definition) is 4. The van der Waals surface area contributed by atoms with Crippen molar-refractivity contribution in [2.75, 3.05) is 40.0 Å². The van der Waals surface area contributed by atoms with E-state index < -0.39 is 0 Å². The average Bonchev–Trinajstić information content (AvgIpc) is 2.80. The summed E-state index contributed by atoms with van der Waals surface area (Å²) in [6, 6.07) is 5.98. The Balaban J connectivity index is 1.82. The Morgan fingerprint density at radius 2 is 2.10 bits per heavy atom. The largest absolute Gasteiger partial charge is 0.497 e. The molecule has 2 heterocycles. The quantitative estimate of drug-likeness (QED) is 0.876. The molecule has 6 heteroatoms. The highest BCUT2D eigenvalue weighted by Crippen LogP contribution is 2.20. The van der Waals surface area contributed by atoms with Crippen LogP contribution in [0.25, 0.3) is 11.0 Å². The molecule has 3 rings (SSSR count). The summed E-state index contributed by atoms with van der Waals surface area (Å²) in [4.78, 5) is 5.65. The maximum absolute atomic E-state index is 5.42. The van der Waals surface area contributed by atoms with Crippen LogP contribution in [0, 0.1) is 4.77 Å². The number of benzene rings is 1. The lowest BCUT2D eigenvalue weighted by Gasteiger charge is -2.26. The number of morpholine rings is 1. The molecule has 0 unspecified atom stereocenters. The lowest BCUT2D eigenvalue weighted by Crippen LogP contribution is -2.38. The second kappa shape index (κ2) is 5.95. The number of aromatic nitrogens is 2. The normalized spacial score (nSPS) is 16.6. The van der Waals surface area contributed by atoms with E-state index in [1.165, 1.54) is 0 Å². The average molecular weight is 293 g/mol. The summed E-state index contributed by atoms with van der Waals surface area (Å²) in [5.74, 6) is 0.853. The van der Waals surface area contributed by atoms with Crippen molar-refractivity contribution < 1.29 is 9.47 Å². The monoisotopic (exact) mass is 293 g/mol. The van der Waals surface area contributed by atoms with Gasteiger partial charge in [0.05, 0.1) is 31.4 Å². The molecule has 0 aliphatic carbocycles. The standard InChI is InChI=1S/C14H19N3O2S/c1-18-11-2-3-12-13(10-11)17(14(20)15-12)5-4-16-6-8-19-9-7-16/h2-3,10H,4-9H2,1H3,(H,15,20). The molecular weight excluding hydrogens is 274 g/mol.